The predicted molar refractivity (Wildman–Crippen MR) is 92.2 cm³/mol. The Bertz CT molecular complexity index is 1150. The van der Waals surface area contributed by atoms with Gasteiger partial charge in [0.25, 0.3) is 0 Å². The number of hydrogen-bond acceptors (Lipinski definition) is 3. The van der Waals surface area contributed by atoms with Gasteiger partial charge in [-0.3, -0.25) is 0 Å². The minimum absolute atomic E-state index is 0.238. The van der Waals surface area contributed by atoms with Crippen molar-refractivity contribution in [3.8, 4) is 22.5 Å². The molecule has 0 aliphatic rings. The van der Waals surface area contributed by atoms with Crippen LogP contribution in [0.25, 0.3) is 22.5 Å². The summed E-state index contributed by atoms with van der Waals surface area (Å²) in [5.74, 6) is -3.87. The number of sulfone groups is 1. The van der Waals surface area contributed by atoms with E-state index in [9.17, 15) is 30.4 Å². The zero-order chi connectivity index (χ0) is 20.9. The molecule has 0 unspecified atom stereocenters. The fraction of sp³-hybridized carbons (Fsp3) is 0.167. The minimum Gasteiger partial charge on any atom is -0.334 e. The molecule has 3 rings (SSSR count). The minimum atomic E-state index is -4.85. The third-order valence-electron chi connectivity index (χ3n) is 3.99. The molecule has 3 aromatic rings. The van der Waals surface area contributed by atoms with Crippen LogP contribution in [0.4, 0.5) is 22.0 Å². The molecule has 1 aromatic heterocycles. The van der Waals surface area contributed by atoms with Crippen LogP contribution < -0.4 is 0 Å². The van der Waals surface area contributed by atoms with Gasteiger partial charge in [0.15, 0.2) is 9.84 Å². The van der Waals surface area contributed by atoms with Crippen molar-refractivity contribution in [3.05, 3.63) is 59.4 Å². The van der Waals surface area contributed by atoms with Crippen LogP contribution in [0.1, 0.15) is 11.4 Å². The molecule has 4 nitrogen and oxygen atoms in total. The lowest BCUT2D eigenvalue weighted by Gasteiger charge is -2.08. The molecule has 0 fully saturated rings. The largest absolute Gasteiger partial charge is 0.449 e. The van der Waals surface area contributed by atoms with Crippen LogP contribution in [0, 0.1) is 18.6 Å². The molecule has 0 saturated carbocycles. The predicted octanol–water partition coefficient (Wildman–Crippen LogP) is 4.75. The maximum atomic E-state index is 14.6. The van der Waals surface area contributed by atoms with E-state index in [0.717, 1.165) is 5.56 Å². The summed E-state index contributed by atoms with van der Waals surface area (Å²) in [5.41, 5.74) is -0.125. The first kappa shape index (κ1) is 20.0. The maximum absolute atomic E-state index is 14.6. The molecule has 0 saturated heterocycles. The number of aryl methyl sites for hydroxylation is 1. The van der Waals surface area contributed by atoms with Gasteiger partial charge in [-0.25, -0.2) is 22.2 Å². The molecular formula is C18H13F5N2O2S. The molecule has 0 radical (unpaired) electrons. The topological polar surface area (TPSA) is 62.8 Å². The van der Waals surface area contributed by atoms with Gasteiger partial charge < -0.3 is 4.98 Å². The molecule has 0 aliphatic carbocycles. The van der Waals surface area contributed by atoms with Crippen molar-refractivity contribution in [2.45, 2.75) is 18.0 Å². The molecule has 0 amide bonds. The number of nitrogens with zero attached hydrogens (tertiary/aromatic N) is 1. The number of nitrogens with one attached hydrogen (secondary N) is 1. The summed E-state index contributed by atoms with van der Waals surface area (Å²) in [4.78, 5) is 4.61. The van der Waals surface area contributed by atoms with Crippen LogP contribution in [0.2, 0.25) is 0 Å². The van der Waals surface area contributed by atoms with E-state index in [1.165, 1.54) is 12.1 Å². The molecule has 1 N–H and O–H groups in total. The highest BCUT2D eigenvalue weighted by Crippen LogP contribution is 2.37. The van der Waals surface area contributed by atoms with E-state index in [-0.39, 0.29) is 11.3 Å². The Balaban J connectivity index is 2.28. The van der Waals surface area contributed by atoms with E-state index in [4.69, 9.17) is 0 Å². The van der Waals surface area contributed by atoms with Crippen LogP contribution in [-0.4, -0.2) is 24.6 Å². The lowest BCUT2D eigenvalue weighted by molar-refractivity contribution is -0.144. The molecule has 2 aromatic carbocycles. The smallest absolute Gasteiger partial charge is 0.334 e. The maximum Gasteiger partial charge on any atom is 0.449 e. The highest BCUT2D eigenvalue weighted by Gasteiger charge is 2.36. The van der Waals surface area contributed by atoms with Crippen LogP contribution >= 0.6 is 0 Å². The van der Waals surface area contributed by atoms with Gasteiger partial charge in [-0.1, -0.05) is 29.8 Å². The molecular weight excluding hydrogens is 403 g/mol. The van der Waals surface area contributed by atoms with E-state index < -0.39 is 49.6 Å². The lowest BCUT2D eigenvalue weighted by atomic mass is 10.0. The van der Waals surface area contributed by atoms with E-state index >= 15 is 0 Å². The number of aromatic amines is 1. The number of benzene rings is 2. The summed E-state index contributed by atoms with van der Waals surface area (Å²) >= 11 is 0. The summed E-state index contributed by atoms with van der Waals surface area (Å²) < 4.78 is 91.3. The number of aromatic nitrogens is 2. The van der Waals surface area contributed by atoms with Crippen molar-refractivity contribution in [1.29, 1.82) is 0 Å². The summed E-state index contributed by atoms with van der Waals surface area (Å²) in [7, 11) is -4.06. The van der Waals surface area contributed by atoms with Crippen molar-refractivity contribution in [2.24, 2.45) is 0 Å². The SMILES string of the molecule is Cc1ccc(-c2nc(C(F)(F)F)[nH]c2-c2cc(F)c(S(C)(=O)=O)cc2F)cc1. The number of hydrogen-bond donors (Lipinski definition) is 1. The molecule has 1 heterocycles. The highest BCUT2D eigenvalue weighted by molar-refractivity contribution is 7.90. The number of alkyl halides is 3. The van der Waals surface area contributed by atoms with E-state index in [2.05, 4.69) is 4.98 Å². The van der Waals surface area contributed by atoms with Crippen LogP contribution in [0.3, 0.4) is 0 Å². The van der Waals surface area contributed by atoms with Gasteiger partial charge in [0, 0.05) is 17.4 Å². The third-order valence-corrected chi connectivity index (χ3v) is 5.10. The number of rotatable bonds is 3. The summed E-state index contributed by atoms with van der Waals surface area (Å²) in [5, 5.41) is 0. The molecule has 148 valence electrons. The molecule has 10 heteroatoms. The third kappa shape index (κ3) is 3.77. The quantitative estimate of drug-likeness (QED) is 0.627. The fourth-order valence-corrected chi connectivity index (χ4v) is 3.36. The van der Waals surface area contributed by atoms with Gasteiger partial charge >= 0.3 is 6.18 Å². The van der Waals surface area contributed by atoms with Crippen molar-refractivity contribution < 1.29 is 30.4 Å². The summed E-state index contributed by atoms with van der Waals surface area (Å²) in [6.07, 6.45) is -4.15. The zero-order valence-corrected chi connectivity index (χ0v) is 15.3. The molecule has 28 heavy (non-hydrogen) atoms. The summed E-state index contributed by atoms with van der Waals surface area (Å²) in [6, 6.07) is 7.22. The van der Waals surface area contributed by atoms with Gasteiger partial charge in [-0.15, -0.1) is 0 Å². The first-order valence-corrected chi connectivity index (χ1v) is 9.71. The van der Waals surface area contributed by atoms with Gasteiger partial charge in [0.05, 0.1) is 11.4 Å². The van der Waals surface area contributed by atoms with Crippen molar-refractivity contribution in [1.82, 2.24) is 9.97 Å². The average molecular weight is 416 g/mol. The molecule has 0 spiro atoms. The fourth-order valence-electron chi connectivity index (χ4n) is 2.63. The zero-order valence-electron chi connectivity index (χ0n) is 14.5. The van der Waals surface area contributed by atoms with Gasteiger partial charge in [0.2, 0.25) is 5.82 Å². The second-order valence-electron chi connectivity index (χ2n) is 6.21. The first-order chi connectivity index (χ1) is 12.9. The van der Waals surface area contributed by atoms with Crippen molar-refractivity contribution in [3.63, 3.8) is 0 Å². The van der Waals surface area contributed by atoms with Crippen molar-refractivity contribution >= 4 is 9.84 Å². The van der Waals surface area contributed by atoms with Gasteiger partial charge in [0.1, 0.15) is 16.5 Å². The Morgan fingerprint density at radius 2 is 1.61 bits per heavy atom. The number of imidazole rings is 1. The second-order valence-corrected chi connectivity index (χ2v) is 8.19. The number of H-pyrrole nitrogens is 1. The van der Waals surface area contributed by atoms with E-state index in [1.807, 2.05) is 4.98 Å². The monoisotopic (exact) mass is 416 g/mol. The Hall–Kier alpha value is -2.75. The van der Waals surface area contributed by atoms with Crippen LogP contribution in [0.15, 0.2) is 41.3 Å². The molecule has 0 aliphatic heterocycles. The van der Waals surface area contributed by atoms with E-state index in [0.29, 0.717) is 18.4 Å². The summed E-state index contributed by atoms with van der Waals surface area (Å²) in [6.45, 7) is 1.77. The Labute approximate surface area is 157 Å². The first-order valence-electron chi connectivity index (χ1n) is 7.81. The number of halogens is 5. The lowest BCUT2D eigenvalue weighted by Crippen LogP contribution is -2.07. The standard InChI is InChI=1S/C18H13F5N2O2S/c1-9-3-5-10(6-4-9)15-16(25-17(24-15)18(21,22)23)11-7-13(20)14(8-12(11)19)28(2,26)27/h3-8H,1-2H3,(H,24,25). The average Bonchev–Trinajstić information content (AvgIpc) is 3.01. The van der Waals surface area contributed by atoms with Crippen LogP contribution in [0.5, 0.6) is 0 Å². The molecule has 0 bridgehead atoms. The second kappa shape index (κ2) is 6.69. The Kier molecular flexibility index (Phi) is 4.78. The highest BCUT2D eigenvalue weighted by atomic mass is 32.2. The van der Waals surface area contributed by atoms with Gasteiger partial charge in [-0.2, -0.15) is 13.2 Å². The van der Waals surface area contributed by atoms with E-state index in [1.54, 1.807) is 19.1 Å². The van der Waals surface area contributed by atoms with Gasteiger partial charge in [-0.05, 0) is 19.1 Å². The van der Waals surface area contributed by atoms with Crippen LogP contribution in [-0.2, 0) is 16.0 Å². The Morgan fingerprint density at radius 3 is 2.14 bits per heavy atom. The Morgan fingerprint density at radius 1 is 1.00 bits per heavy atom. The van der Waals surface area contributed by atoms with Crippen molar-refractivity contribution in [2.75, 3.05) is 6.26 Å². The molecule has 0 atom stereocenters. The normalized spacial score (nSPS) is 12.4.